The van der Waals surface area contributed by atoms with Crippen LogP contribution in [0.3, 0.4) is 0 Å². The van der Waals surface area contributed by atoms with Crippen LogP contribution in [0, 0.1) is 0 Å². The summed E-state index contributed by atoms with van der Waals surface area (Å²) in [6.07, 6.45) is 2.17. The Labute approximate surface area is 107 Å². The van der Waals surface area contributed by atoms with E-state index in [-0.39, 0.29) is 5.91 Å². The molecule has 18 heavy (non-hydrogen) atoms. The Balaban J connectivity index is 2.12. The number of nitrogens with zero attached hydrogens (tertiary/aromatic N) is 1. The van der Waals surface area contributed by atoms with Gasteiger partial charge in [0.15, 0.2) is 0 Å². The SMILES string of the molecule is C=CCC(N)C(=O)N1CCOc2ccccc2C1. The summed E-state index contributed by atoms with van der Waals surface area (Å²) >= 11 is 0. The van der Waals surface area contributed by atoms with Crippen LogP contribution < -0.4 is 10.5 Å². The highest BCUT2D eigenvalue weighted by atomic mass is 16.5. The van der Waals surface area contributed by atoms with Crippen molar-refractivity contribution in [1.29, 1.82) is 0 Å². The number of hydrogen-bond donors (Lipinski definition) is 1. The molecule has 0 saturated heterocycles. The van der Waals surface area contributed by atoms with Gasteiger partial charge in [-0.2, -0.15) is 0 Å². The van der Waals surface area contributed by atoms with Crippen molar-refractivity contribution in [2.75, 3.05) is 13.2 Å². The van der Waals surface area contributed by atoms with Gasteiger partial charge < -0.3 is 15.4 Å². The molecule has 4 nitrogen and oxygen atoms in total. The Kier molecular flexibility index (Phi) is 3.99. The molecular weight excluding hydrogens is 228 g/mol. The molecule has 4 heteroatoms. The molecule has 0 aromatic heterocycles. The van der Waals surface area contributed by atoms with Crippen molar-refractivity contribution in [1.82, 2.24) is 4.90 Å². The fourth-order valence-corrected chi connectivity index (χ4v) is 2.03. The van der Waals surface area contributed by atoms with Crippen LogP contribution in [0.25, 0.3) is 0 Å². The quantitative estimate of drug-likeness (QED) is 0.818. The van der Waals surface area contributed by atoms with Crippen molar-refractivity contribution in [3.8, 4) is 5.75 Å². The van der Waals surface area contributed by atoms with E-state index in [1.54, 1.807) is 11.0 Å². The fourth-order valence-electron chi connectivity index (χ4n) is 2.03. The molecule has 0 aliphatic carbocycles. The highest BCUT2D eigenvalue weighted by Gasteiger charge is 2.23. The van der Waals surface area contributed by atoms with Crippen molar-refractivity contribution in [3.63, 3.8) is 0 Å². The van der Waals surface area contributed by atoms with E-state index in [4.69, 9.17) is 10.5 Å². The van der Waals surface area contributed by atoms with Crippen molar-refractivity contribution < 1.29 is 9.53 Å². The second kappa shape index (κ2) is 5.69. The Hall–Kier alpha value is -1.81. The minimum Gasteiger partial charge on any atom is -0.491 e. The average molecular weight is 246 g/mol. The minimum absolute atomic E-state index is 0.0461. The van der Waals surface area contributed by atoms with Crippen LogP contribution in [0.4, 0.5) is 0 Å². The Morgan fingerprint density at radius 2 is 2.33 bits per heavy atom. The van der Waals surface area contributed by atoms with Gasteiger partial charge in [0.2, 0.25) is 5.91 Å². The summed E-state index contributed by atoms with van der Waals surface area (Å²) < 4.78 is 5.61. The molecule has 1 atom stereocenters. The molecule has 0 fully saturated rings. The van der Waals surface area contributed by atoms with Gasteiger partial charge in [-0.15, -0.1) is 6.58 Å². The normalized spacial score (nSPS) is 16.2. The highest BCUT2D eigenvalue weighted by molar-refractivity contribution is 5.82. The second-order valence-corrected chi connectivity index (χ2v) is 4.35. The summed E-state index contributed by atoms with van der Waals surface area (Å²) in [4.78, 5) is 13.9. The van der Waals surface area contributed by atoms with Crippen LogP contribution in [0.2, 0.25) is 0 Å². The monoisotopic (exact) mass is 246 g/mol. The lowest BCUT2D eigenvalue weighted by molar-refractivity contribution is -0.133. The standard InChI is InChI=1S/C14H18N2O2/c1-2-5-12(15)14(17)16-8-9-18-13-7-4-3-6-11(13)10-16/h2-4,6-7,12H,1,5,8-10,15H2. The van der Waals surface area contributed by atoms with Gasteiger partial charge in [-0.25, -0.2) is 0 Å². The van der Waals surface area contributed by atoms with Gasteiger partial charge in [-0.3, -0.25) is 4.79 Å². The zero-order valence-corrected chi connectivity index (χ0v) is 10.3. The zero-order chi connectivity index (χ0) is 13.0. The van der Waals surface area contributed by atoms with E-state index < -0.39 is 6.04 Å². The minimum atomic E-state index is -0.507. The van der Waals surface area contributed by atoms with Gasteiger partial charge in [0.25, 0.3) is 0 Å². The smallest absolute Gasteiger partial charge is 0.240 e. The molecule has 2 rings (SSSR count). The third-order valence-electron chi connectivity index (χ3n) is 3.00. The molecule has 0 saturated carbocycles. The third-order valence-corrected chi connectivity index (χ3v) is 3.00. The fraction of sp³-hybridized carbons (Fsp3) is 0.357. The van der Waals surface area contributed by atoms with E-state index in [0.29, 0.717) is 26.1 Å². The molecule has 1 aromatic rings. The number of amides is 1. The summed E-state index contributed by atoms with van der Waals surface area (Å²) in [5.74, 6) is 0.806. The van der Waals surface area contributed by atoms with Gasteiger partial charge in [0, 0.05) is 12.1 Å². The van der Waals surface area contributed by atoms with E-state index in [1.165, 1.54) is 0 Å². The maximum absolute atomic E-state index is 12.1. The van der Waals surface area contributed by atoms with Gasteiger partial charge in [-0.1, -0.05) is 24.3 Å². The first-order valence-electron chi connectivity index (χ1n) is 6.08. The number of para-hydroxylation sites is 1. The van der Waals surface area contributed by atoms with Gasteiger partial charge in [0.05, 0.1) is 12.6 Å². The molecule has 1 heterocycles. The summed E-state index contributed by atoms with van der Waals surface area (Å²) in [7, 11) is 0. The summed E-state index contributed by atoms with van der Waals surface area (Å²) in [5.41, 5.74) is 6.85. The van der Waals surface area contributed by atoms with Crippen molar-refractivity contribution in [2.45, 2.75) is 19.0 Å². The van der Waals surface area contributed by atoms with Gasteiger partial charge in [-0.05, 0) is 12.5 Å². The number of benzene rings is 1. The lowest BCUT2D eigenvalue weighted by atomic mass is 10.1. The Morgan fingerprint density at radius 3 is 3.11 bits per heavy atom. The lowest BCUT2D eigenvalue weighted by Crippen LogP contribution is -2.44. The predicted octanol–water partition coefficient (Wildman–Crippen LogP) is 1.31. The molecule has 1 aliphatic rings. The van der Waals surface area contributed by atoms with E-state index in [9.17, 15) is 4.79 Å². The molecular formula is C14H18N2O2. The zero-order valence-electron chi connectivity index (χ0n) is 10.3. The third kappa shape index (κ3) is 2.71. The molecule has 0 bridgehead atoms. The molecule has 1 aromatic carbocycles. The van der Waals surface area contributed by atoms with E-state index in [0.717, 1.165) is 11.3 Å². The largest absolute Gasteiger partial charge is 0.491 e. The molecule has 1 aliphatic heterocycles. The number of carbonyl (C=O) groups is 1. The number of carbonyl (C=O) groups excluding carboxylic acids is 1. The summed E-state index contributed by atoms with van der Waals surface area (Å²) in [6.45, 7) is 5.23. The Morgan fingerprint density at radius 1 is 1.56 bits per heavy atom. The number of ether oxygens (including phenoxy) is 1. The number of fused-ring (bicyclic) bond motifs is 1. The maximum atomic E-state index is 12.1. The van der Waals surface area contributed by atoms with Crippen molar-refractivity contribution in [3.05, 3.63) is 42.5 Å². The van der Waals surface area contributed by atoms with Crippen LogP contribution in [0.15, 0.2) is 36.9 Å². The van der Waals surface area contributed by atoms with Crippen molar-refractivity contribution in [2.24, 2.45) is 5.73 Å². The average Bonchev–Trinajstić information content (AvgIpc) is 2.60. The predicted molar refractivity (Wildman–Crippen MR) is 70.1 cm³/mol. The van der Waals surface area contributed by atoms with Gasteiger partial charge >= 0.3 is 0 Å². The van der Waals surface area contributed by atoms with Crippen LogP contribution in [-0.4, -0.2) is 30.0 Å². The molecule has 1 unspecified atom stereocenters. The van der Waals surface area contributed by atoms with Crippen LogP contribution in [0.1, 0.15) is 12.0 Å². The number of rotatable bonds is 3. The molecule has 0 spiro atoms. The number of hydrogen-bond acceptors (Lipinski definition) is 3. The first-order valence-corrected chi connectivity index (χ1v) is 6.08. The number of nitrogens with two attached hydrogens (primary N) is 1. The maximum Gasteiger partial charge on any atom is 0.240 e. The molecule has 0 radical (unpaired) electrons. The Bertz CT molecular complexity index is 445. The molecule has 2 N–H and O–H groups in total. The van der Waals surface area contributed by atoms with E-state index >= 15 is 0 Å². The summed E-state index contributed by atoms with van der Waals surface area (Å²) in [6, 6.07) is 7.26. The van der Waals surface area contributed by atoms with E-state index in [1.807, 2.05) is 24.3 Å². The van der Waals surface area contributed by atoms with Crippen molar-refractivity contribution >= 4 is 5.91 Å². The van der Waals surface area contributed by atoms with Crippen LogP contribution in [-0.2, 0) is 11.3 Å². The van der Waals surface area contributed by atoms with E-state index in [2.05, 4.69) is 6.58 Å². The topological polar surface area (TPSA) is 55.6 Å². The van der Waals surface area contributed by atoms with Crippen LogP contribution in [0.5, 0.6) is 5.75 Å². The van der Waals surface area contributed by atoms with Crippen LogP contribution >= 0.6 is 0 Å². The van der Waals surface area contributed by atoms with Gasteiger partial charge in [0.1, 0.15) is 12.4 Å². The second-order valence-electron chi connectivity index (χ2n) is 4.35. The highest BCUT2D eigenvalue weighted by Crippen LogP contribution is 2.22. The first kappa shape index (κ1) is 12.6. The lowest BCUT2D eigenvalue weighted by Gasteiger charge is -2.22. The first-order chi connectivity index (χ1) is 8.72. The molecule has 1 amide bonds. The summed E-state index contributed by atoms with van der Waals surface area (Å²) in [5, 5.41) is 0. The molecule has 96 valence electrons.